The Bertz CT molecular complexity index is 1210. The van der Waals surface area contributed by atoms with Gasteiger partial charge in [-0.3, -0.25) is 14.5 Å². The number of nitrogens with zero attached hydrogens (tertiary/aromatic N) is 1. The van der Waals surface area contributed by atoms with Crippen molar-refractivity contribution >= 4 is 34.7 Å². The van der Waals surface area contributed by atoms with Gasteiger partial charge in [-0.1, -0.05) is 23.7 Å². The molecule has 0 bridgehead atoms. The SMILES string of the molecule is COc1cc(/C(O)=C2/C(=O)C(=O)N(c3cccc(C)c3C)C2c2ccco2)ccc1Cl. The fourth-order valence-electron chi connectivity index (χ4n) is 3.76. The Hall–Kier alpha value is -3.51. The van der Waals surface area contributed by atoms with Crippen LogP contribution in [-0.4, -0.2) is 23.9 Å². The van der Waals surface area contributed by atoms with E-state index >= 15 is 0 Å². The van der Waals surface area contributed by atoms with Crippen LogP contribution in [0.2, 0.25) is 5.02 Å². The molecule has 0 spiro atoms. The highest BCUT2D eigenvalue weighted by molar-refractivity contribution is 6.51. The highest BCUT2D eigenvalue weighted by Crippen LogP contribution is 2.44. The highest BCUT2D eigenvalue weighted by Gasteiger charge is 2.48. The Kier molecular flexibility index (Phi) is 5.33. The molecular formula is C24H20ClNO5. The van der Waals surface area contributed by atoms with E-state index < -0.39 is 17.7 Å². The average Bonchev–Trinajstić information content (AvgIpc) is 3.37. The molecule has 1 amide bonds. The van der Waals surface area contributed by atoms with Crippen molar-refractivity contribution in [3.63, 3.8) is 0 Å². The molecule has 2 aromatic carbocycles. The number of halogens is 1. The Morgan fingerprint density at radius 2 is 1.90 bits per heavy atom. The van der Waals surface area contributed by atoms with E-state index in [4.69, 9.17) is 20.8 Å². The van der Waals surface area contributed by atoms with Crippen LogP contribution in [0.25, 0.3) is 5.76 Å². The summed E-state index contributed by atoms with van der Waals surface area (Å²) < 4.78 is 10.8. The minimum Gasteiger partial charge on any atom is -0.507 e. The van der Waals surface area contributed by atoms with Gasteiger partial charge in [-0.15, -0.1) is 0 Å². The molecule has 4 rings (SSSR count). The van der Waals surface area contributed by atoms with Gasteiger partial charge in [0, 0.05) is 11.3 Å². The zero-order valence-electron chi connectivity index (χ0n) is 17.2. The first kappa shape index (κ1) is 20.8. The molecule has 1 aliphatic heterocycles. The van der Waals surface area contributed by atoms with Crippen molar-refractivity contribution in [1.29, 1.82) is 0 Å². The van der Waals surface area contributed by atoms with Gasteiger partial charge in [0.2, 0.25) is 0 Å². The van der Waals surface area contributed by atoms with Gasteiger partial charge >= 0.3 is 0 Å². The summed E-state index contributed by atoms with van der Waals surface area (Å²) in [5, 5.41) is 11.5. The molecule has 0 radical (unpaired) electrons. The van der Waals surface area contributed by atoms with Crippen LogP contribution in [0.1, 0.15) is 28.5 Å². The van der Waals surface area contributed by atoms with E-state index in [9.17, 15) is 14.7 Å². The molecule has 1 N–H and O–H groups in total. The monoisotopic (exact) mass is 437 g/mol. The molecule has 1 saturated heterocycles. The number of carbonyl (C=O) groups excluding carboxylic acids is 2. The predicted molar refractivity (Wildman–Crippen MR) is 117 cm³/mol. The van der Waals surface area contributed by atoms with E-state index in [-0.39, 0.29) is 11.3 Å². The molecule has 1 fully saturated rings. The second-order valence-corrected chi connectivity index (χ2v) is 7.66. The molecule has 0 aliphatic carbocycles. The lowest BCUT2D eigenvalue weighted by atomic mass is 9.98. The third-order valence-corrected chi connectivity index (χ3v) is 5.83. The van der Waals surface area contributed by atoms with Crippen molar-refractivity contribution in [2.24, 2.45) is 0 Å². The summed E-state index contributed by atoms with van der Waals surface area (Å²) in [7, 11) is 1.45. The molecule has 31 heavy (non-hydrogen) atoms. The number of rotatable bonds is 4. The maximum absolute atomic E-state index is 13.1. The number of hydrogen-bond acceptors (Lipinski definition) is 5. The normalized spacial score (nSPS) is 17.9. The molecular weight excluding hydrogens is 418 g/mol. The number of Topliss-reactive ketones (excluding diaryl/α,β-unsaturated/α-hetero) is 1. The lowest BCUT2D eigenvalue weighted by molar-refractivity contribution is -0.132. The number of anilines is 1. The van der Waals surface area contributed by atoms with Crippen molar-refractivity contribution < 1.29 is 23.8 Å². The fraction of sp³-hybridized carbons (Fsp3) is 0.167. The number of methoxy groups -OCH3 is 1. The van der Waals surface area contributed by atoms with Gasteiger partial charge in [-0.25, -0.2) is 0 Å². The number of hydrogen-bond donors (Lipinski definition) is 1. The number of furan rings is 1. The van der Waals surface area contributed by atoms with E-state index in [1.165, 1.54) is 24.3 Å². The number of aryl methyl sites for hydroxylation is 1. The number of aliphatic hydroxyl groups excluding tert-OH is 1. The largest absolute Gasteiger partial charge is 0.507 e. The lowest BCUT2D eigenvalue weighted by Crippen LogP contribution is -2.30. The summed E-state index contributed by atoms with van der Waals surface area (Å²) in [6.07, 6.45) is 1.46. The van der Waals surface area contributed by atoms with Crippen molar-refractivity contribution in [2.45, 2.75) is 19.9 Å². The first-order valence-electron chi connectivity index (χ1n) is 9.59. The molecule has 1 aliphatic rings. The lowest BCUT2D eigenvalue weighted by Gasteiger charge is -2.25. The smallest absolute Gasteiger partial charge is 0.300 e. The summed E-state index contributed by atoms with van der Waals surface area (Å²) in [5.74, 6) is -1.17. The second-order valence-electron chi connectivity index (χ2n) is 7.25. The second kappa shape index (κ2) is 7.96. The minimum absolute atomic E-state index is 0.0646. The summed E-state index contributed by atoms with van der Waals surface area (Å²) in [6.45, 7) is 3.81. The first-order chi connectivity index (χ1) is 14.8. The van der Waals surface area contributed by atoms with Crippen LogP contribution >= 0.6 is 11.6 Å². The molecule has 2 heterocycles. The van der Waals surface area contributed by atoms with Crippen molar-refractivity contribution in [1.82, 2.24) is 0 Å². The fourth-order valence-corrected chi connectivity index (χ4v) is 3.95. The predicted octanol–water partition coefficient (Wildman–Crippen LogP) is 5.18. The van der Waals surface area contributed by atoms with Crippen LogP contribution in [0.5, 0.6) is 5.75 Å². The van der Waals surface area contributed by atoms with Gasteiger partial charge < -0.3 is 14.3 Å². The Morgan fingerprint density at radius 3 is 2.58 bits per heavy atom. The Balaban J connectivity index is 1.95. The maximum Gasteiger partial charge on any atom is 0.300 e. The third-order valence-electron chi connectivity index (χ3n) is 5.52. The molecule has 158 valence electrons. The van der Waals surface area contributed by atoms with Gasteiger partial charge in [0.1, 0.15) is 23.3 Å². The number of ketones is 1. The average molecular weight is 438 g/mol. The zero-order valence-corrected chi connectivity index (χ0v) is 17.9. The number of aliphatic hydroxyl groups is 1. The van der Waals surface area contributed by atoms with E-state index in [0.717, 1.165) is 11.1 Å². The van der Waals surface area contributed by atoms with Gasteiger partial charge in [0.15, 0.2) is 0 Å². The number of amides is 1. The standard InChI is InChI=1S/C24H20ClNO5/c1-13-6-4-7-17(14(13)2)26-21(18-8-5-11-31-18)20(23(28)24(26)29)22(27)15-9-10-16(25)19(12-15)30-3/h4-12,21,27H,1-3H3/b22-20-. The topological polar surface area (TPSA) is 80.0 Å². The van der Waals surface area contributed by atoms with Crippen LogP contribution in [0, 0.1) is 13.8 Å². The van der Waals surface area contributed by atoms with Crippen molar-refractivity contribution in [3.05, 3.63) is 87.8 Å². The summed E-state index contributed by atoms with van der Waals surface area (Å²) >= 11 is 6.09. The van der Waals surface area contributed by atoms with E-state index in [1.807, 2.05) is 26.0 Å². The first-order valence-corrected chi connectivity index (χ1v) is 9.97. The summed E-state index contributed by atoms with van der Waals surface area (Å²) in [4.78, 5) is 27.6. The van der Waals surface area contributed by atoms with Gasteiger partial charge in [-0.2, -0.15) is 0 Å². The van der Waals surface area contributed by atoms with E-state index in [2.05, 4.69) is 0 Å². The van der Waals surface area contributed by atoms with E-state index in [0.29, 0.717) is 27.8 Å². The summed E-state index contributed by atoms with van der Waals surface area (Å²) in [5.41, 5.74) is 2.65. The summed E-state index contributed by atoms with van der Waals surface area (Å²) in [6, 6.07) is 12.6. The van der Waals surface area contributed by atoms with Crippen LogP contribution in [-0.2, 0) is 9.59 Å². The maximum atomic E-state index is 13.1. The zero-order chi connectivity index (χ0) is 22.3. The van der Waals surface area contributed by atoms with Crippen LogP contribution in [0.3, 0.4) is 0 Å². The Labute approximate surface area is 184 Å². The van der Waals surface area contributed by atoms with Crippen LogP contribution in [0.4, 0.5) is 5.69 Å². The molecule has 7 heteroatoms. The third kappa shape index (κ3) is 3.39. The number of benzene rings is 2. The van der Waals surface area contributed by atoms with E-state index in [1.54, 1.807) is 30.3 Å². The van der Waals surface area contributed by atoms with Crippen LogP contribution in [0.15, 0.2) is 64.8 Å². The number of carbonyl (C=O) groups is 2. The molecule has 6 nitrogen and oxygen atoms in total. The molecule has 0 saturated carbocycles. The van der Waals surface area contributed by atoms with Crippen molar-refractivity contribution in [3.8, 4) is 5.75 Å². The van der Waals surface area contributed by atoms with Crippen LogP contribution < -0.4 is 9.64 Å². The molecule has 1 atom stereocenters. The van der Waals surface area contributed by atoms with Gasteiger partial charge in [-0.05, 0) is 61.4 Å². The van der Waals surface area contributed by atoms with Crippen molar-refractivity contribution in [2.75, 3.05) is 12.0 Å². The quantitative estimate of drug-likeness (QED) is 0.345. The molecule has 1 aromatic heterocycles. The number of ether oxygens (including phenoxy) is 1. The molecule has 3 aromatic rings. The van der Waals surface area contributed by atoms with Gasteiger partial charge in [0.05, 0.1) is 24.0 Å². The minimum atomic E-state index is -0.919. The highest BCUT2D eigenvalue weighted by atomic mass is 35.5. The Morgan fingerprint density at radius 1 is 1.13 bits per heavy atom. The van der Waals surface area contributed by atoms with Gasteiger partial charge in [0.25, 0.3) is 11.7 Å². The molecule has 1 unspecified atom stereocenters.